The van der Waals surface area contributed by atoms with Crippen LogP contribution in [0.25, 0.3) is 0 Å². The smallest absolute Gasteiger partial charge is 0.0380 e. The molecule has 0 aromatic rings. The second-order valence-electron chi connectivity index (χ2n) is 5.13. The van der Waals surface area contributed by atoms with Crippen LogP contribution in [-0.2, 0) is 0 Å². The van der Waals surface area contributed by atoms with Crippen molar-refractivity contribution >= 4 is 0 Å². The Bertz CT molecular complexity index is 151. The molecule has 0 aromatic heterocycles. The van der Waals surface area contributed by atoms with Crippen LogP contribution in [0.1, 0.15) is 44.9 Å². The van der Waals surface area contributed by atoms with Crippen LogP contribution in [-0.4, -0.2) is 0 Å². The number of fused-ring (bicyclic) bond motifs is 1. The molecule has 0 heterocycles. The zero-order valence-electron chi connectivity index (χ0n) is 7.26. The van der Waals surface area contributed by atoms with Gasteiger partial charge < -0.3 is 0 Å². The van der Waals surface area contributed by atoms with E-state index in [9.17, 15) is 0 Å². The highest BCUT2D eigenvalue weighted by Gasteiger charge is 2.44. The molecule has 0 N–H and O–H groups in total. The number of rotatable bonds is 2. The van der Waals surface area contributed by atoms with Gasteiger partial charge in [0.05, 0.1) is 0 Å². The van der Waals surface area contributed by atoms with E-state index in [-0.39, 0.29) is 0 Å². The minimum Gasteiger partial charge on any atom is -0.0528 e. The Morgan fingerprint density at radius 2 is 1.82 bits per heavy atom. The van der Waals surface area contributed by atoms with E-state index in [0.717, 1.165) is 0 Å². The van der Waals surface area contributed by atoms with Crippen LogP contribution >= 0.6 is 0 Å². The third kappa shape index (κ3) is 0.947. The molecule has 4 aliphatic rings. The van der Waals surface area contributed by atoms with Gasteiger partial charge in [0.2, 0.25) is 0 Å². The SMILES string of the molecule is C1CC(CC2CC3CC2C3)C1. The highest BCUT2D eigenvalue weighted by atomic mass is 14.5. The zero-order chi connectivity index (χ0) is 7.26. The summed E-state index contributed by atoms with van der Waals surface area (Å²) in [5.74, 6) is 4.73. The first-order valence-electron chi connectivity index (χ1n) is 5.42. The van der Waals surface area contributed by atoms with Crippen molar-refractivity contribution < 1.29 is 0 Å². The summed E-state index contributed by atoms with van der Waals surface area (Å²) in [7, 11) is 0. The minimum absolute atomic E-state index is 1.17. The Morgan fingerprint density at radius 1 is 1.00 bits per heavy atom. The van der Waals surface area contributed by atoms with Crippen LogP contribution in [0, 0.1) is 23.7 Å². The summed E-state index contributed by atoms with van der Waals surface area (Å²) in [5, 5.41) is 0. The Morgan fingerprint density at radius 3 is 2.27 bits per heavy atom. The molecule has 0 aromatic carbocycles. The van der Waals surface area contributed by atoms with Gasteiger partial charge in [0, 0.05) is 0 Å². The van der Waals surface area contributed by atoms with Crippen molar-refractivity contribution in [1.82, 2.24) is 0 Å². The van der Waals surface area contributed by atoms with Crippen molar-refractivity contribution in [2.24, 2.45) is 23.7 Å². The van der Waals surface area contributed by atoms with Crippen molar-refractivity contribution in [3.63, 3.8) is 0 Å². The number of hydrogen-bond acceptors (Lipinski definition) is 0. The largest absolute Gasteiger partial charge is 0.0528 e. The lowest BCUT2D eigenvalue weighted by Crippen LogP contribution is -2.19. The Kier molecular flexibility index (Phi) is 1.33. The first-order chi connectivity index (χ1) is 5.42. The molecule has 0 amide bonds. The monoisotopic (exact) mass is 150 g/mol. The second-order valence-corrected chi connectivity index (χ2v) is 5.13. The van der Waals surface area contributed by atoms with Gasteiger partial charge in [0.25, 0.3) is 0 Å². The third-order valence-electron chi connectivity index (χ3n) is 4.44. The maximum absolute atomic E-state index is 1.61. The molecular weight excluding hydrogens is 132 g/mol. The summed E-state index contributed by atoms with van der Waals surface area (Å²) < 4.78 is 0. The molecule has 0 radical (unpaired) electrons. The topological polar surface area (TPSA) is 0 Å². The van der Waals surface area contributed by atoms with Crippen molar-refractivity contribution in [1.29, 1.82) is 0 Å². The van der Waals surface area contributed by atoms with E-state index in [1.54, 1.807) is 38.5 Å². The maximum atomic E-state index is 1.61. The summed E-state index contributed by atoms with van der Waals surface area (Å²) >= 11 is 0. The minimum atomic E-state index is 1.17. The molecule has 2 bridgehead atoms. The van der Waals surface area contributed by atoms with E-state index in [4.69, 9.17) is 0 Å². The molecular formula is C11H18. The van der Waals surface area contributed by atoms with Gasteiger partial charge in [-0.1, -0.05) is 19.3 Å². The van der Waals surface area contributed by atoms with Crippen molar-refractivity contribution in [3.8, 4) is 0 Å². The van der Waals surface area contributed by atoms with E-state index in [2.05, 4.69) is 0 Å². The van der Waals surface area contributed by atoms with E-state index >= 15 is 0 Å². The maximum Gasteiger partial charge on any atom is -0.0380 e. The highest BCUT2D eigenvalue weighted by molar-refractivity contribution is 4.95. The van der Waals surface area contributed by atoms with Gasteiger partial charge in [0.15, 0.2) is 0 Å². The molecule has 4 saturated carbocycles. The van der Waals surface area contributed by atoms with E-state index < -0.39 is 0 Å². The quantitative estimate of drug-likeness (QED) is 0.567. The molecule has 1 unspecified atom stereocenters. The molecule has 11 heavy (non-hydrogen) atoms. The summed E-state index contributed by atoms with van der Waals surface area (Å²) in [6.07, 6.45) is 11.1. The van der Waals surface area contributed by atoms with Gasteiger partial charge >= 0.3 is 0 Å². The molecule has 0 saturated heterocycles. The molecule has 1 atom stereocenters. The molecule has 4 aliphatic carbocycles. The Labute approximate surface area is 69.4 Å². The van der Waals surface area contributed by atoms with Crippen LogP contribution < -0.4 is 0 Å². The summed E-state index contributed by atoms with van der Waals surface area (Å²) in [5.41, 5.74) is 0. The Hall–Kier alpha value is 0. The summed E-state index contributed by atoms with van der Waals surface area (Å²) in [4.78, 5) is 0. The van der Waals surface area contributed by atoms with Crippen molar-refractivity contribution in [2.45, 2.75) is 44.9 Å². The van der Waals surface area contributed by atoms with Crippen LogP contribution in [0.15, 0.2) is 0 Å². The first kappa shape index (κ1) is 6.51. The fourth-order valence-corrected chi connectivity index (χ4v) is 3.43. The van der Waals surface area contributed by atoms with Gasteiger partial charge in [-0.3, -0.25) is 0 Å². The lowest BCUT2D eigenvalue weighted by Gasteiger charge is -2.30. The van der Waals surface area contributed by atoms with E-state index in [1.165, 1.54) is 30.1 Å². The van der Waals surface area contributed by atoms with Crippen molar-refractivity contribution in [2.75, 3.05) is 0 Å². The van der Waals surface area contributed by atoms with Crippen LogP contribution in [0.4, 0.5) is 0 Å². The summed E-state index contributed by atoms with van der Waals surface area (Å²) in [6.45, 7) is 0. The predicted molar refractivity (Wildman–Crippen MR) is 46.3 cm³/mol. The van der Waals surface area contributed by atoms with Gasteiger partial charge in [-0.05, 0) is 49.4 Å². The van der Waals surface area contributed by atoms with Crippen LogP contribution in [0.3, 0.4) is 0 Å². The molecule has 4 rings (SSSR count). The fraction of sp³-hybridized carbons (Fsp3) is 1.00. The van der Waals surface area contributed by atoms with Gasteiger partial charge in [0.1, 0.15) is 0 Å². The molecule has 0 heteroatoms. The number of hydrogen-bond donors (Lipinski definition) is 0. The van der Waals surface area contributed by atoms with Crippen molar-refractivity contribution in [3.05, 3.63) is 0 Å². The van der Waals surface area contributed by atoms with Crippen LogP contribution in [0.2, 0.25) is 0 Å². The zero-order valence-corrected chi connectivity index (χ0v) is 7.26. The molecule has 0 spiro atoms. The predicted octanol–water partition coefficient (Wildman–Crippen LogP) is 3.22. The molecule has 0 aliphatic heterocycles. The average Bonchev–Trinajstić information content (AvgIpc) is 2.31. The van der Waals surface area contributed by atoms with Gasteiger partial charge in [-0.15, -0.1) is 0 Å². The van der Waals surface area contributed by atoms with E-state index in [1.807, 2.05) is 0 Å². The normalized spacial score (nSPS) is 48.5. The highest BCUT2D eigenvalue weighted by Crippen LogP contribution is 2.55. The second kappa shape index (κ2) is 2.24. The third-order valence-corrected chi connectivity index (χ3v) is 4.44. The average molecular weight is 150 g/mol. The first-order valence-corrected chi connectivity index (χ1v) is 5.42. The summed E-state index contributed by atoms with van der Waals surface area (Å²) in [6, 6.07) is 0. The standard InChI is InChI=1S/C11H18/c1-2-8(3-1)4-10-5-9-6-11(10)7-9/h8-11H,1-7H2. The van der Waals surface area contributed by atoms with Crippen LogP contribution in [0.5, 0.6) is 0 Å². The lowest BCUT2D eigenvalue weighted by molar-refractivity contribution is 0.209. The molecule has 4 fully saturated rings. The van der Waals surface area contributed by atoms with Gasteiger partial charge in [-0.25, -0.2) is 0 Å². The fourth-order valence-electron chi connectivity index (χ4n) is 3.43. The van der Waals surface area contributed by atoms with Gasteiger partial charge in [-0.2, -0.15) is 0 Å². The van der Waals surface area contributed by atoms with E-state index in [0.29, 0.717) is 0 Å². The lowest BCUT2D eigenvalue weighted by atomic mass is 9.75. The Balaban J connectivity index is 1.55. The molecule has 0 nitrogen and oxygen atoms in total. The molecule has 62 valence electrons.